The molecule has 0 spiro atoms. The van der Waals surface area contributed by atoms with Crippen LogP contribution in [-0.4, -0.2) is 40.3 Å². The van der Waals surface area contributed by atoms with Gasteiger partial charge in [-0.25, -0.2) is 0 Å². The summed E-state index contributed by atoms with van der Waals surface area (Å²) in [6.45, 7) is 0.527. The topological polar surface area (TPSA) is 83.8 Å². The van der Waals surface area contributed by atoms with E-state index in [1.165, 1.54) is 18.2 Å². The van der Waals surface area contributed by atoms with Crippen molar-refractivity contribution in [3.8, 4) is 0 Å². The summed E-state index contributed by atoms with van der Waals surface area (Å²) in [5.41, 5.74) is 0.546. The predicted molar refractivity (Wildman–Crippen MR) is 91.4 cm³/mol. The minimum atomic E-state index is -0.648. The van der Waals surface area contributed by atoms with Crippen LogP contribution in [0.15, 0.2) is 42.5 Å². The molecule has 0 atom stereocenters. The number of imide groups is 1. The summed E-state index contributed by atoms with van der Waals surface area (Å²) < 4.78 is 0. The average Bonchev–Trinajstić information content (AvgIpc) is 2.82. The highest BCUT2D eigenvalue weighted by Crippen LogP contribution is 2.30. The van der Waals surface area contributed by atoms with Crippen LogP contribution in [0.1, 0.15) is 26.3 Å². The molecule has 0 N–H and O–H groups in total. The summed E-state index contributed by atoms with van der Waals surface area (Å²) in [5.74, 6) is -1.16. The van der Waals surface area contributed by atoms with E-state index >= 15 is 0 Å². The van der Waals surface area contributed by atoms with Crippen molar-refractivity contribution in [2.24, 2.45) is 0 Å². The number of rotatable bonds is 5. The molecule has 2 amide bonds. The molecule has 0 fully saturated rings. The SMILES string of the molecule is CN(Cc1ccc(Cl)cc1)CN1C(=O)c2cccc([N+](=O)[O-])c2C1=O. The molecule has 25 heavy (non-hydrogen) atoms. The Kier molecular flexibility index (Phi) is 4.52. The second-order valence-electron chi connectivity index (χ2n) is 5.78. The number of hydrogen-bond acceptors (Lipinski definition) is 5. The molecule has 3 rings (SSSR count). The fourth-order valence-electron chi connectivity index (χ4n) is 2.79. The van der Waals surface area contributed by atoms with Crippen molar-refractivity contribution in [1.29, 1.82) is 0 Å². The molecule has 1 heterocycles. The van der Waals surface area contributed by atoms with Gasteiger partial charge in [0.1, 0.15) is 5.56 Å². The molecule has 0 bridgehead atoms. The molecule has 1 aliphatic rings. The van der Waals surface area contributed by atoms with Crippen molar-refractivity contribution in [2.45, 2.75) is 6.54 Å². The first-order valence-electron chi connectivity index (χ1n) is 7.45. The molecule has 8 heteroatoms. The third kappa shape index (κ3) is 3.24. The molecule has 2 aromatic carbocycles. The minimum Gasteiger partial charge on any atom is -0.284 e. The number of halogens is 1. The lowest BCUT2D eigenvalue weighted by molar-refractivity contribution is -0.385. The maximum atomic E-state index is 12.5. The molecule has 0 aliphatic carbocycles. The summed E-state index contributed by atoms with van der Waals surface area (Å²) >= 11 is 5.85. The zero-order chi connectivity index (χ0) is 18.1. The first-order chi connectivity index (χ1) is 11.9. The number of carbonyl (C=O) groups excluding carboxylic acids is 2. The molecule has 1 aliphatic heterocycles. The second-order valence-corrected chi connectivity index (χ2v) is 6.21. The highest BCUT2D eigenvalue weighted by molar-refractivity contribution is 6.30. The van der Waals surface area contributed by atoms with E-state index in [4.69, 9.17) is 11.6 Å². The van der Waals surface area contributed by atoms with Gasteiger partial charge in [-0.1, -0.05) is 29.8 Å². The maximum Gasteiger partial charge on any atom is 0.282 e. The average molecular weight is 360 g/mol. The van der Waals surface area contributed by atoms with Gasteiger partial charge in [-0.3, -0.25) is 29.5 Å². The zero-order valence-electron chi connectivity index (χ0n) is 13.3. The van der Waals surface area contributed by atoms with Crippen molar-refractivity contribution in [3.63, 3.8) is 0 Å². The van der Waals surface area contributed by atoms with E-state index in [-0.39, 0.29) is 23.5 Å². The number of hydrogen-bond donors (Lipinski definition) is 0. The summed E-state index contributed by atoms with van der Waals surface area (Å²) in [5, 5.41) is 11.7. The Hall–Kier alpha value is -2.77. The van der Waals surface area contributed by atoms with Crippen LogP contribution in [0.25, 0.3) is 0 Å². The van der Waals surface area contributed by atoms with Crippen molar-refractivity contribution in [2.75, 3.05) is 13.7 Å². The Morgan fingerprint density at radius 3 is 2.44 bits per heavy atom. The Labute approximate surface area is 148 Å². The summed E-state index contributed by atoms with van der Waals surface area (Å²) in [7, 11) is 1.76. The maximum absolute atomic E-state index is 12.5. The molecular formula is C17H14ClN3O4. The van der Waals surface area contributed by atoms with Crippen LogP contribution < -0.4 is 0 Å². The van der Waals surface area contributed by atoms with Crippen molar-refractivity contribution < 1.29 is 14.5 Å². The van der Waals surface area contributed by atoms with Crippen molar-refractivity contribution in [1.82, 2.24) is 9.80 Å². The lowest BCUT2D eigenvalue weighted by Crippen LogP contribution is -2.39. The molecular weight excluding hydrogens is 346 g/mol. The van der Waals surface area contributed by atoms with Gasteiger partial charge >= 0.3 is 0 Å². The van der Waals surface area contributed by atoms with Crippen LogP contribution in [0.5, 0.6) is 0 Å². The number of nitro benzene ring substituents is 1. The van der Waals surface area contributed by atoms with Gasteiger partial charge in [0.15, 0.2) is 0 Å². The van der Waals surface area contributed by atoms with Crippen LogP contribution in [0, 0.1) is 10.1 Å². The van der Waals surface area contributed by atoms with Crippen LogP contribution in [0.3, 0.4) is 0 Å². The number of nitrogens with zero attached hydrogens (tertiary/aromatic N) is 3. The molecule has 2 aromatic rings. The highest BCUT2D eigenvalue weighted by Gasteiger charge is 2.41. The van der Waals surface area contributed by atoms with Gasteiger partial charge in [0.2, 0.25) is 0 Å². The Morgan fingerprint density at radius 1 is 1.12 bits per heavy atom. The smallest absolute Gasteiger partial charge is 0.282 e. The van der Waals surface area contributed by atoms with E-state index in [1.807, 2.05) is 12.1 Å². The van der Waals surface area contributed by atoms with Crippen molar-refractivity contribution >= 4 is 29.1 Å². The molecule has 0 saturated heterocycles. The molecule has 128 valence electrons. The van der Waals surface area contributed by atoms with Crippen LogP contribution in [-0.2, 0) is 6.54 Å². The fourth-order valence-corrected chi connectivity index (χ4v) is 2.92. The van der Waals surface area contributed by atoms with Crippen molar-refractivity contribution in [3.05, 3.63) is 74.3 Å². The quantitative estimate of drug-likeness (QED) is 0.465. The third-order valence-electron chi connectivity index (χ3n) is 3.92. The molecule has 0 saturated carbocycles. The molecule has 7 nitrogen and oxygen atoms in total. The molecule has 0 radical (unpaired) electrons. The van der Waals surface area contributed by atoms with Crippen LogP contribution in [0.2, 0.25) is 5.02 Å². The van der Waals surface area contributed by atoms with E-state index in [1.54, 1.807) is 24.1 Å². The highest BCUT2D eigenvalue weighted by atomic mass is 35.5. The standard InChI is InChI=1S/C17H14ClN3O4/c1-19(9-11-5-7-12(18)8-6-11)10-20-16(22)13-3-2-4-14(21(24)25)15(13)17(20)23/h2-8H,9-10H2,1H3. The van der Waals surface area contributed by atoms with Gasteiger partial charge in [-0.2, -0.15) is 0 Å². The Morgan fingerprint density at radius 2 is 1.80 bits per heavy atom. The van der Waals surface area contributed by atoms with Crippen LogP contribution >= 0.6 is 11.6 Å². The lowest BCUT2D eigenvalue weighted by atomic mass is 10.1. The van der Waals surface area contributed by atoms with E-state index in [0.29, 0.717) is 11.6 Å². The van der Waals surface area contributed by atoms with Crippen LogP contribution in [0.4, 0.5) is 5.69 Å². The second kappa shape index (κ2) is 6.62. The Bertz CT molecular complexity index is 867. The van der Waals surface area contributed by atoms with Gasteiger partial charge in [0.05, 0.1) is 17.2 Å². The minimum absolute atomic E-state index is 0.0339. The van der Waals surface area contributed by atoms with E-state index < -0.39 is 16.7 Å². The number of benzene rings is 2. The van der Waals surface area contributed by atoms with Gasteiger partial charge in [0.25, 0.3) is 17.5 Å². The number of fused-ring (bicyclic) bond motifs is 1. The van der Waals surface area contributed by atoms with Gasteiger partial charge in [-0.15, -0.1) is 0 Å². The van der Waals surface area contributed by atoms with Gasteiger partial charge in [-0.05, 0) is 30.8 Å². The number of amides is 2. The third-order valence-corrected chi connectivity index (χ3v) is 4.17. The first kappa shape index (κ1) is 17.1. The fraction of sp³-hybridized carbons (Fsp3) is 0.176. The lowest BCUT2D eigenvalue weighted by Gasteiger charge is -2.22. The summed E-state index contributed by atoms with van der Waals surface area (Å²) in [6.07, 6.45) is 0. The summed E-state index contributed by atoms with van der Waals surface area (Å²) in [6, 6.07) is 11.3. The monoisotopic (exact) mass is 359 g/mol. The number of nitro groups is 1. The van der Waals surface area contributed by atoms with E-state index in [2.05, 4.69) is 0 Å². The van der Waals surface area contributed by atoms with Gasteiger partial charge in [0, 0.05) is 17.6 Å². The van der Waals surface area contributed by atoms with E-state index in [0.717, 1.165) is 10.5 Å². The number of carbonyl (C=O) groups is 2. The van der Waals surface area contributed by atoms with E-state index in [9.17, 15) is 19.7 Å². The molecule has 0 aromatic heterocycles. The Balaban J connectivity index is 1.79. The predicted octanol–water partition coefficient (Wildman–Crippen LogP) is 2.93. The first-order valence-corrected chi connectivity index (χ1v) is 7.83. The summed E-state index contributed by atoms with van der Waals surface area (Å²) in [4.78, 5) is 38.2. The van der Waals surface area contributed by atoms with Gasteiger partial charge < -0.3 is 0 Å². The molecule has 0 unspecified atom stereocenters. The normalized spacial score (nSPS) is 13.5. The largest absolute Gasteiger partial charge is 0.284 e. The zero-order valence-corrected chi connectivity index (χ0v) is 14.1.